The Balaban J connectivity index is 2.20. The molecule has 0 aliphatic heterocycles. The molecule has 1 heterocycles. The molecule has 0 amide bonds. The SMILES string of the molecule is O=[N+]([O-])c1ccc(CBr)cc1OCc1ccsc1. The van der Waals surface area contributed by atoms with Gasteiger partial charge in [0.25, 0.3) is 0 Å². The van der Waals surface area contributed by atoms with E-state index in [1.54, 1.807) is 23.5 Å². The van der Waals surface area contributed by atoms with E-state index in [4.69, 9.17) is 4.74 Å². The molecule has 0 aliphatic rings. The molecule has 2 rings (SSSR count). The fraction of sp³-hybridized carbons (Fsp3) is 0.167. The van der Waals surface area contributed by atoms with Crippen LogP contribution >= 0.6 is 27.3 Å². The Morgan fingerprint density at radius 3 is 2.78 bits per heavy atom. The highest BCUT2D eigenvalue weighted by molar-refractivity contribution is 9.08. The van der Waals surface area contributed by atoms with Crippen molar-refractivity contribution in [1.29, 1.82) is 0 Å². The number of nitro benzene ring substituents is 1. The first-order chi connectivity index (χ1) is 8.70. The van der Waals surface area contributed by atoms with Crippen LogP contribution in [0.3, 0.4) is 0 Å². The van der Waals surface area contributed by atoms with Crippen molar-refractivity contribution in [1.82, 2.24) is 0 Å². The molecule has 94 valence electrons. The summed E-state index contributed by atoms with van der Waals surface area (Å²) in [6.45, 7) is 0.343. The number of hydrogen-bond donors (Lipinski definition) is 0. The third kappa shape index (κ3) is 3.08. The number of halogens is 1. The normalized spacial score (nSPS) is 10.3. The molecule has 0 aliphatic carbocycles. The van der Waals surface area contributed by atoms with Crippen molar-refractivity contribution in [3.63, 3.8) is 0 Å². The van der Waals surface area contributed by atoms with Crippen LogP contribution < -0.4 is 4.74 Å². The van der Waals surface area contributed by atoms with E-state index in [1.165, 1.54) is 6.07 Å². The van der Waals surface area contributed by atoms with Crippen LogP contribution in [-0.2, 0) is 11.9 Å². The van der Waals surface area contributed by atoms with E-state index in [9.17, 15) is 10.1 Å². The third-order valence-corrected chi connectivity index (χ3v) is 3.73. The molecule has 0 saturated carbocycles. The van der Waals surface area contributed by atoms with Crippen LogP contribution in [0.4, 0.5) is 5.69 Å². The maximum atomic E-state index is 10.9. The van der Waals surface area contributed by atoms with Gasteiger partial charge in [0.2, 0.25) is 0 Å². The van der Waals surface area contributed by atoms with E-state index in [2.05, 4.69) is 15.9 Å². The zero-order chi connectivity index (χ0) is 13.0. The Bertz CT molecular complexity index is 542. The molecule has 0 saturated heterocycles. The molecular formula is C12H10BrNO3S. The van der Waals surface area contributed by atoms with Crippen LogP contribution in [0.5, 0.6) is 5.75 Å². The van der Waals surface area contributed by atoms with Gasteiger partial charge in [-0.3, -0.25) is 10.1 Å². The molecule has 0 fully saturated rings. The number of benzene rings is 1. The molecule has 0 spiro atoms. The molecule has 6 heteroatoms. The number of nitrogens with zero attached hydrogens (tertiary/aromatic N) is 1. The molecule has 0 bridgehead atoms. The van der Waals surface area contributed by atoms with Crippen molar-refractivity contribution in [2.24, 2.45) is 0 Å². The van der Waals surface area contributed by atoms with Crippen LogP contribution in [0, 0.1) is 10.1 Å². The topological polar surface area (TPSA) is 52.4 Å². The monoisotopic (exact) mass is 327 g/mol. The van der Waals surface area contributed by atoms with Crippen LogP contribution in [0.15, 0.2) is 35.0 Å². The lowest BCUT2D eigenvalue weighted by atomic mass is 10.2. The van der Waals surface area contributed by atoms with Crippen LogP contribution in [-0.4, -0.2) is 4.92 Å². The molecule has 1 aromatic carbocycles. The Morgan fingerprint density at radius 1 is 1.33 bits per heavy atom. The molecular weight excluding hydrogens is 318 g/mol. The van der Waals surface area contributed by atoms with Crippen molar-refractivity contribution in [2.75, 3.05) is 0 Å². The second-order valence-corrected chi connectivity index (χ2v) is 4.95. The molecule has 0 unspecified atom stereocenters. The second kappa shape index (κ2) is 5.97. The van der Waals surface area contributed by atoms with Crippen molar-refractivity contribution >= 4 is 33.0 Å². The van der Waals surface area contributed by atoms with Crippen molar-refractivity contribution < 1.29 is 9.66 Å². The quantitative estimate of drug-likeness (QED) is 0.471. The summed E-state index contributed by atoms with van der Waals surface area (Å²) < 4.78 is 5.53. The molecule has 1 aromatic heterocycles. The maximum Gasteiger partial charge on any atom is 0.310 e. The third-order valence-electron chi connectivity index (χ3n) is 2.35. The van der Waals surface area contributed by atoms with Crippen molar-refractivity contribution in [3.8, 4) is 5.75 Å². The molecule has 0 radical (unpaired) electrons. The molecule has 18 heavy (non-hydrogen) atoms. The van der Waals surface area contributed by atoms with E-state index in [0.29, 0.717) is 17.7 Å². The average molecular weight is 328 g/mol. The minimum Gasteiger partial charge on any atom is -0.482 e. The van der Waals surface area contributed by atoms with Gasteiger partial charge in [0, 0.05) is 11.4 Å². The summed E-state index contributed by atoms with van der Waals surface area (Å²) in [6.07, 6.45) is 0. The van der Waals surface area contributed by atoms with Crippen LogP contribution in [0.1, 0.15) is 11.1 Å². The summed E-state index contributed by atoms with van der Waals surface area (Å²) in [7, 11) is 0. The Kier molecular flexibility index (Phi) is 4.33. The summed E-state index contributed by atoms with van der Waals surface area (Å²) in [5, 5.41) is 15.4. The molecule has 2 aromatic rings. The number of ether oxygens (including phenoxy) is 1. The van der Waals surface area contributed by atoms with E-state index in [0.717, 1.165) is 11.1 Å². The van der Waals surface area contributed by atoms with Crippen molar-refractivity contribution in [2.45, 2.75) is 11.9 Å². The predicted octanol–water partition coefficient (Wildman–Crippen LogP) is 4.13. The zero-order valence-corrected chi connectivity index (χ0v) is 11.7. The Morgan fingerprint density at radius 2 is 2.17 bits per heavy atom. The van der Waals surface area contributed by atoms with Crippen molar-refractivity contribution in [3.05, 3.63) is 56.3 Å². The van der Waals surface area contributed by atoms with E-state index in [-0.39, 0.29) is 5.69 Å². The molecule has 4 nitrogen and oxygen atoms in total. The lowest BCUT2D eigenvalue weighted by Gasteiger charge is -2.07. The van der Waals surface area contributed by atoms with Crippen LogP contribution in [0.25, 0.3) is 0 Å². The summed E-state index contributed by atoms with van der Waals surface area (Å²) >= 11 is 4.89. The number of thiophene rings is 1. The zero-order valence-electron chi connectivity index (χ0n) is 9.34. The standard InChI is InChI=1S/C12H10BrNO3S/c13-6-9-1-2-11(14(15)16)12(5-9)17-7-10-3-4-18-8-10/h1-5,8H,6-7H2. The first kappa shape index (κ1) is 13.0. The van der Waals surface area contributed by atoms with Gasteiger partial charge in [-0.25, -0.2) is 0 Å². The van der Waals surface area contributed by atoms with E-state index < -0.39 is 4.92 Å². The number of rotatable bonds is 5. The van der Waals surface area contributed by atoms with E-state index in [1.807, 2.05) is 16.8 Å². The van der Waals surface area contributed by atoms with Gasteiger partial charge in [-0.15, -0.1) is 0 Å². The number of nitro groups is 1. The van der Waals surface area contributed by atoms with Gasteiger partial charge in [-0.05, 0) is 34.0 Å². The van der Waals surface area contributed by atoms with Gasteiger partial charge in [-0.1, -0.05) is 22.0 Å². The highest BCUT2D eigenvalue weighted by Crippen LogP contribution is 2.29. The van der Waals surface area contributed by atoms with Crippen LogP contribution in [0.2, 0.25) is 0 Å². The van der Waals surface area contributed by atoms with Gasteiger partial charge < -0.3 is 4.74 Å². The van der Waals surface area contributed by atoms with Gasteiger partial charge in [0.1, 0.15) is 6.61 Å². The lowest BCUT2D eigenvalue weighted by Crippen LogP contribution is -1.99. The summed E-state index contributed by atoms with van der Waals surface area (Å²) in [5.41, 5.74) is 1.95. The minimum absolute atomic E-state index is 0.00469. The lowest BCUT2D eigenvalue weighted by molar-refractivity contribution is -0.386. The highest BCUT2D eigenvalue weighted by Gasteiger charge is 2.15. The first-order valence-corrected chi connectivity index (χ1v) is 7.24. The second-order valence-electron chi connectivity index (χ2n) is 3.61. The number of hydrogen-bond acceptors (Lipinski definition) is 4. The van der Waals surface area contributed by atoms with Gasteiger partial charge in [-0.2, -0.15) is 11.3 Å². The Hall–Kier alpha value is -1.40. The van der Waals surface area contributed by atoms with E-state index >= 15 is 0 Å². The summed E-state index contributed by atoms with van der Waals surface area (Å²) in [6, 6.07) is 6.81. The molecule has 0 N–H and O–H groups in total. The predicted molar refractivity (Wildman–Crippen MR) is 74.4 cm³/mol. The smallest absolute Gasteiger partial charge is 0.310 e. The van der Waals surface area contributed by atoms with Gasteiger partial charge in [0.05, 0.1) is 4.92 Å². The fourth-order valence-electron chi connectivity index (χ4n) is 1.44. The minimum atomic E-state index is -0.430. The summed E-state index contributed by atoms with van der Waals surface area (Å²) in [4.78, 5) is 10.5. The molecule has 0 atom stereocenters. The maximum absolute atomic E-state index is 10.9. The Labute approximate surface area is 116 Å². The average Bonchev–Trinajstić information content (AvgIpc) is 2.88. The van der Waals surface area contributed by atoms with Gasteiger partial charge in [0.15, 0.2) is 5.75 Å². The summed E-state index contributed by atoms with van der Waals surface area (Å²) in [5.74, 6) is 0.308. The number of alkyl halides is 1. The largest absolute Gasteiger partial charge is 0.482 e. The highest BCUT2D eigenvalue weighted by atomic mass is 79.9. The fourth-order valence-corrected chi connectivity index (χ4v) is 2.45. The van der Waals surface area contributed by atoms with Gasteiger partial charge >= 0.3 is 5.69 Å². The first-order valence-electron chi connectivity index (χ1n) is 5.18.